The van der Waals surface area contributed by atoms with E-state index in [-0.39, 0.29) is 12.8 Å². The molecule has 0 aliphatic heterocycles. The van der Waals surface area contributed by atoms with Crippen LogP contribution in [0.4, 0.5) is 0 Å². The van der Waals surface area contributed by atoms with Gasteiger partial charge in [0.2, 0.25) is 0 Å². The Morgan fingerprint density at radius 1 is 0.491 bits per heavy atom. The van der Waals surface area contributed by atoms with Crippen LogP contribution in [0, 0.1) is 0 Å². The van der Waals surface area contributed by atoms with Crippen LogP contribution in [-0.2, 0) is 32.7 Å². The third kappa shape index (κ3) is 25.7. The van der Waals surface area contributed by atoms with Crippen molar-refractivity contribution >= 4 is 19.8 Å². The summed E-state index contributed by atoms with van der Waals surface area (Å²) in [5.74, 6) is -1.09. The highest BCUT2D eigenvalue weighted by atomic mass is 31.2. The average molecular weight is 811 g/mol. The maximum absolute atomic E-state index is 12.8. The number of carbonyl (C=O) groups is 2. The van der Waals surface area contributed by atoms with E-state index in [0.717, 1.165) is 38.5 Å². The van der Waals surface area contributed by atoms with E-state index in [1.165, 1.54) is 116 Å². The number of aliphatic hydroxyl groups excluding tert-OH is 5. The zero-order chi connectivity index (χ0) is 40.7. The molecule has 55 heavy (non-hydrogen) atoms. The van der Waals surface area contributed by atoms with E-state index in [4.69, 9.17) is 18.5 Å². The number of rotatable bonds is 36. The number of phosphoric ester groups is 1. The normalized spacial score (nSPS) is 23.0. The third-order valence-electron chi connectivity index (χ3n) is 10.4. The summed E-state index contributed by atoms with van der Waals surface area (Å²) in [4.78, 5) is 35.6. The SMILES string of the molecule is CCCCCCCCCCCCCCCC(=O)OCC(COP(=O)(O)OC1[C@@H](O)[C@H](O)C(O)[C@H](O)[C@@H]1O)OC(=O)CCCCCCCCCCCCCCC. The number of hydrogen-bond donors (Lipinski definition) is 6. The van der Waals surface area contributed by atoms with Gasteiger partial charge in [0.1, 0.15) is 43.2 Å². The summed E-state index contributed by atoms with van der Waals surface area (Å²) < 4.78 is 33.4. The maximum atomic E-state index is 12.8. The van der Waals surface area contributed by atoms with Gasteiger partial charge in [0.15, 0.2) is 6.10 Å². The molecule has 1 aliphatic carbocycles. The Hall–Kier alpha value is -1.15. The molecular formula is C41H79O13P. The molecular weight excluding hydrogens is 731 g/mol. The zero-order valence-electron chi connectivity index (χ0n) is 34.2. The van der Waals surface area contributed by atoms with E-state index in [0.29, 0.717) is 12.8 Å². The van der Waals surface area contributed by atoms with E-state index < -0.39 is 75.7 Å². The fourth-order valence-electron chi connectivity index (χ4n) is 6.88. The lowest BCUT2D eigenvalue weighted by atomic mass is 9.85. The van der Waals surface area contributed by atoms with Crippen molar-refractivity contribution in [1.82, 2.24) is 0 Å². The summed E-state index contributed by atoms with van der Waals surface area (Å²) in [5.41, 5.74) is 0. The summed E-state index contributed by atoms with van der Waals surface area (Å²) in [6.07, 6.45) is 17.3. The van der Waals surface area contributed by atoms with Gasteiger partial charge in [-0.15, -0.1) is 0 Å². The first-order valence-corrected chi connectivity index (χ1v) is 23.3. The molecule has 326 valence electrons. The largest absolute Gasteiger partial charge is 0.472 e. The number of hydrogen-bond acceptors (Lipinski definition) is 12. The summed E-state index contributed by atoms with van der Waals surface area (Å²) in [6, 6.07) is 0. The second-order valence-electron chi connectivity index (χ2n) is 15.6. The Labute approximate surface area is 331 Å². The van der Waals surface area contributed by atoms with Gasteiger partial charge in [-0.05, 0) is 12.8 Å². The average Bonchev–Trinajstić information content (AvgIpc) is 3.16. The minimum absolute atomic E-state index is 0.104. The number of aliphatic hydroxyl groups is 5. The molecule has 1 fully saturated rings. The molecule has 0 saturated heterocycles. The van der Waals surface area contributed by atoms with E-state index in [1.54, 1.807) is 0 Å². The van der Waals surface area contributed by atoms with Gasteiger partial charge in [0, 0.05) is 12.8 Å². The summed E-state index contributed by atoms with van der Waals surface area (Å²) in [6.45, 7) is 3.29. The van der Waals surface area contributed by atoms with Crippen molar-refractivity contribution in [2.75, 3.05) is 13.2 Å². The molecule has 0 aromatic carbocycles. The fourth-order valence-corrected chi connectivity index (χ4v) is 7.85. The van der Waals surface area contributed by atoms with Crippen molar-refractivity contribution in [3.05, 3.63) is 0 Å². The highest BCUT2D eigenvalue weighted by molar-refractivity contribution is 7.47. The van der Waals surface area contributed by atoms with Crippen LogP contribution in [-0.4, -0.2) is 98.3 Å². The Morgan fingerprint density at radius 2 is 0.818 bits per heavy atom. The number of unbranched alkanes of at least 4 members (excludes halogenated alkanes) is 24. The number of carbonyl (C=O) groups excluding carboxylic acids is 2. The van der Waals surface area contributed by atoms with E-state index in [2.05, 4.69) is 13.8 Å². The van der Waals surface area contributed by atoms with Crippen LogP contribution < -0.4 is 0 Å². The van der Waals surface area contributed by atoms with Crippen LogP contribution in [0.1, 0.15) is 194 Å². The zero-order valence-corrected chi connectivity index (χ0v) is 35.1. The number of esters is 2. The van der Waals surface area contributed by atoms with E-state index in [9.17, 15) is 44.6 Å². The van der Waals surface area contributed by atoms with Gasteiger partial charge < -0.3 is 39.9 Å². The first-order chi connectivity index (χ1) is 26.4. The van der Waals surface area contributed by atoms with Gasteiger partial charge in [0.05, 0.1) is 6.61 Å². The molecule has 0 radical (unpaired) electrons. The minimum atomic E-state index is -5.10. The molecule has 1 aliphatic rings. The van der Waals surface area contributed by atoms with Gasteiger partial charge >= 0.3 is 19.8 Å². The standard InChI is InChI=1S/C41H79O13P/c1-3-5-7-9-11-13-15-17-19-21-23-25-27-29-34(42)51-31-33(32-52-55(49,50)54-41-39(47)37(45)36(44)38(46)40(41)48)53-35(43)30-28-26-24-22-20-18-16-14-12-10-8-6-4-2/h33,36-41,44-48H,3-32H2,1-2H3,(H,49,50)/t33?,36?,37-,38+,39-,40-,41?/m0/s1. The molecule has 0 amide bonds. The Balaban J connectivity index is 2.48. The number of phosphoric acid groups is 1. The van der Waals surface area contributed by atoms with Gasteiger partial charge in [-0.25, -0.2) is 4.57 Å². The lowest BCUT2D eigenvalue weighted by molar-refractivity contribution is -0.220. The van der Waals surface area contributed by atoms with Gasteiger partial charge in [-0.1, -0.05) is 168 Å². The monoisotopic (exact) mass is 811 g/mol. The van der Waals surface area contributed by atoms with Crippen LogP contribution in [0.15, 0.2) is 0 Å². The van der Waals surface area contributed by atoms with Crippen molar-refractivity contribution in [2.45, 2.75) is 236 Å². The summed E-state index contributed by atoms with van der Waals surface area (Å²) in [5, 5.41) is 50.0. The molecule has 6 N–H and O–H groups in total. The Bertz CT molecular complexity index is 985. The molecule has 0 heterocycles. The van der Waals surface area contributed by atoms with Crippen LogP contribution in [0.2, 0.25) is 0 Å². The van der Waals surface area contributed by atoms with Crippen molar-refractivity contribution in [3.63, 3.8) is 0 Å². The predicted octanol–water partition coefficient (Wildman–Crippen LogP) is 7.72. The molecule has 14 heteroatoms. The highest BCUT2D eigenvalue weighted by Crippen LogP contribution is 2.47. The highest BCUT2D eigenvalue weighted by Gasteiger charge is 2.51. The van der Waals surface area contributed by atoms with Crippen LogP contribution in [0.5, 0.6) is 0 Å². The summed E-state index contributed by atoms with van der Waals surface area (Å²) >= 11 is 0. The molecule has 8 atom stereocenters. The first kappa shape index (κ1) is 51.9. The second kappa shape index (κ2) is 32.8. The van der Waals surface area contributed by atoms with Crippen molar-refractivity contribution in [3.8, 4) is 0 Å². The van der Waals surface area contributed by atoms with E-state index >= 15 is 0 Å². The van der Waals surface area contributed by atoms with Crippen LogP contribution in [0.3, 0.4) is 0 Å². The van der Waals surface area contributed by atoms with E-state index in [1.807, 2.05) is 0 Å². The number of ether oxygens (including phenoxy) is 2. The molecule has 0 aromatic heterocycles. The Morgan fingerprint density at radius 3 is 1.20 bits per heavy atom. The first-order valence-electron chi connectivity index (χ1n) is 21.8. The van der Waals surface area contributed by atoms with Gasteiger partial charge in [-0.3, -0.25) is 18.6 Å². The Kier molecular flexibility index (Phi) is 30.9. The quantitative estimate of drug-likeness (QED) is 0.0204. The summed E-state index contributed by atoms with van der Waals surface area (Å²) in [7, 11) is -5.10. The van der Waals surface area contributed by atoms with Crippen LogP contribution in [0.25, 0.3) is 0 Å². The minimum Gasteiger partial charge on any atom is -0.462 e. The smallest absolute Gasteiger partial charge is 0.462 e. The van der Waals surface area contributed by atoms with Crippen molar-refractivity contribution in [2.24, 2.45) is 0 Å². The fraction of sp³-hybridized carbons (Fsp3) is 0.951. The topological polar surface area (TPSA) is 210 Å². The van der Waals surface area contributed by atoms with Crippen molar-refractivity contribution < 1.29 is 63.1 Å². The molecule has 4 unspecified atom stereocenters. The molecule has 0 spiro atoms. The second-order valence-corrected chi connectivity index (χ2v) is 17.0. The molecule has 1 saturated carbocycles. The predicted molar refractivity (Wildman–Crippen MR) is 212 cm³/mol. The van der Waals surface area contributed by atoms with Gasteiger partial charge in [0.25, 0.3) is 0 Å². The van der Waals surface area contributed by atoms with Crippen LogP contribution >= 0.6 is 7.82 Å². The van der Waals surface area contributed by atoms with Crippen molar-refractivity contribution in [1.29, 1.82) is 0 Å². The van der Waals surface area contributed by atoms with Gasteiger partial charge in [-0.2, -0.15) is 0 Å². The third-order valence-corrected chi connectivity index (χ3v) is 11.4. The molecule has 1 rings (SSSR count). The molecule has 0 bridgehead atoms. The lowest BCUT2D eigenvalue weighted by Gasteiger charge is -2.41. The molecule has 0 aromatic rings. The maximum Gasteiger partial charge on any atom is 0.472 e. The lowest BCUT2D eigenvalue weighted by Crippen LogP contribution is -2.64. The molecule has 13 nitrogen and oxygen atoms in total.